The number of hydrogen-bond donors (Lipinski definition) is 1. The van der Waals surface area contributed by atoms with Crippen LogP contribution in [-0.2, 0) is 5.54 Å². The molecule has 0 unspecified atom stereocenters. The van der Waals surface area contributed by atoms with Crippen LogP contribution in [-0.4, -0.2) is 25.4 Å². The van der Waals surface area contributed by atoms with Crippen molar-refractivity contribution in [2.45, 2.75) is 32.5 Å². The summed E-state index contributed by atoms with van der Waals surface area (Å²) in [6.45, 7) is 7.05. The lowest BCUT2D eigenvalue weighted by atomic mass is 9.80. The summed E-state index contributed by atoms with van der Waals surface area (Å²) in [5, 5.41) is 2.04. The number of nitrogens with one attached hydrogen (secondary N) is 1. The van der Waals surface area contributed by atoms with Gasteiger partial charge in [0, 0.05) is 30.4 Å². The quantitative estimate of drug-likeness (QED) is 0.835. The van der Waals surface area contributed by atoms with Crippen molar-refractivity contribution in [2.75, 3.05) is 18.0 Å². The Hall–Kier alpha value is -2.70. The maximum atomic E-state index is 14.3. The Morgan fingerprint density at radius 1 is 1.07 bits per heavy atom. The third-order valence-electron chi connectivity index (χ3n) is 4.90. The smallest absolute Gasteiger partial charge is 0.410 e. The third-order valence-corrected chi connectivity index (χ3v) is 4.90. The topological polar surface area (TPSA) is 41.6 Å². The molecule has 7 heteroatoms. The molecule has 4 nitrogen and oxygen atoms in total. The number of benzene rings is 2. The Bertz CT molecular complexity index is 845. The van der Waals surface area contributed by atoms with E-state index in [4.69, 9.17) is 4.74 Å². The van der Waals surface area contributed by atoms with E-state index in [1.54, 1.807) is 25.1 Å². The molecule has 0 fully saturated rings. The number of carbonyl (C=O) groups excluding carboxylic acids is 1. The number of anilines is 1. The maximum absolute atomic E-state index is 14.3. The molecule has 1 heterocycles. The SMILES string of the molecule is CCN(CC)c1ccc2c(c1)OC(=O)N[C@@]2(c1ccc(C)cc1)C(F)(F)F. The van der Waals surface area contributed by atoms with Gasteiger partial charge >= 0.3 is 12.3 Å². The number of ether oxygens (including phenoxy) is 1. The van der Waals surface area contributed by atoms with Gasteiger partial charge in [-0.1, -0.05) is 35.9 Å². The minimum Gasteiger partial charge on any atom is -0.410 e. The molecule has 144 valence electrons. The summed E-state index contributed by atoms with van der Waals surface area (Å²) >= 11 is 0. The molecule has 0 spiro atoms. The second-order valence-corrected chi connectivity index (χ2v) is 6.48. The highest BCUT2D eigenvalue weighted by molar-refractivity contribution is 5.78. The Morgan fingerprint density at radius 3 is 2.26 bits per heavy atom. The summed E-state index contributed by atoms with van der Waals surface area (Å²) in [5.74, 6) is -0.0824. The second kappa shape index (κ2) is 6.79. The Balaban J connectivity index is 2.25. The highest BCUT2D eigenvalue weighted by Crippen LogP contribution is 2.50. The van der Waals surface area contributed by atoms with Crippen LogP contribution in [0.3, 0.4) is 0 Å². The van der Waals surface area contributed by atoms with Crippen LogP contribution in [0, 0.1) is 6.92 Å². The zero-order valence-electron chi connectivity index (χ0n) is 15.4. The van der Waals surface area contributed by atoms with Crippen molar-refractivity contribution in [2.24, 2.45) is 0 Å². The van der Waals surface area contributed by atoms with Crippen LogP contribution in [0.1, 0.15) is 30.5 Å². The number of aryl methyl sites for hydroxylation is 1. The molecule has 0 radical (unpaired) electrons. The molecule has 1 amide bonds. The number of carbonyl (C=O) groups is 1. The Kier molecular flexibility index (Phi) is 4.80. The molecule has 1 aliphatic heterocycles. The van der Waals surface area contributed by atoms with Gasteiger partial charge in [-0.15, -0.1) is 0 Å². The van der Waals surface area contributed by atoms with Crippen LogP contribution in [0.5, 0.6) is 5.75 Å². The summed E-state index contributed by atoms with van der Waals surface area (Å²) in [7, 11) is 0. The molecule has 0 saturated carbocycles. The first-order chi connectivity index (χ1) is 12.7. The van der Waals surface area contributed by atoms with E-state index >= 15 is 0 Å². The Morgan fingerprint density at radius 2 is 1.70 bits per heavy atom. The number of alkyl halides is 3. The lowest BCUT2D eigenvalue weighted by Gasteiger charge is -2.41. The Labute approximate surface area is 155 Å². The first-order valence-corrected chi connectivity index (χ1v) is 8.76. The fourth-order valence-corrected chi connectivity index (χ4v) is 3.45. The van der Waals surface area contributed by atoms with Gasteiger partial charge in [-0.25, -0.2) is 4.79 Å². The van der Waals surface area contributed by atoms with Crippen LogP contribution in [0.25, 0.3) is 0 Å². The van der Waals surface area contributed by atoms with Gasteiger partial charge in [0.2, 0.25) is 0 Å². The largest absolute Gasteiger partial charge is 0.420 e. The van der Waals surface area contributed by atoms with Crippen LogP contribution < -0.4 is 15.0 Å². The number of nitrogens with zero attached hydrogens (tertiary/aromatic N) is 1. The number of amides is 1. The molecule has 1 atom stereocenters. The summed E-state index contributed by atoms with van der Waals surface area (Å²) in [6, 6.07) is 10.5. The molecule has 3 rings (SSSR count). The monoisotopic (exact) mass is 378 g/mol. The lowest BCUT2D eigenvalue weighted by molar-refractivity contribution is -0.187. The van der Waals surface area contributed by atoms with Gasteiger partial charge in [-0.3, -0.25) is 5.32 Å². The van der Waals surface area contributed by atoms with E-state index in [2.05, 4.69) is 0 Å². The first-order valence-electron chi connectivity index (χ1n) is 8.76. The van der Waals surface area contributed by atoms with Crippen molar-refractivity contribution in [1.82, 2.24) is 5.32 Å². The molecular weight excluding hydrogens is 357 g/mol. The van der Waals surface area contributed by atoms with E-state index in [1.807, 2.05) is 24.1 Å². The number of rotatable bonds is 4. The maximum Gasteiger partial charge on any atom is 0.420 e. The van der Waals surface area contributed by atoms with Gasteiger partial charge in [0.25, 0.3) is 0 Å². The van der Waals surface area contributed by atoms with E-state index in [0.29, 0.717) is 18.8 Å². The fraction of sp³-hybridized carbons (Fsp3) is 0.350. The first kappa shape index (κ1) is 19.1. The van der Waals surface area contributed by atoms with E-state index in [1.165, 1.54) is 24.3 Å². The molecule has 2 aromatic carbocycles. The number of halogens is 3. The van der Waals surface area contributed by atoms with Crippen molar-refractivity contribution in [3.05, 3.63) is 59.2 Å². The van der Waals surface area contributed by atoms with Gasteiger partial charge < -0.3 is 9.64 Å². The van der Waals surface area contributed by atoms with Crippen LogP contribution in [0.2, 0.25) is 0 Å². The molecule has 1 N–H and O–H groups in total. The predicted molar refractivity (Wildman–Crippen MR) is 97.2 cm³/mol. The standard InChI is InChI=1S/C20H21F3N2O2/c1-4-25(5-2)15-10-11-16-17(12-15)27-18(26)24-19(16,20(21,22)23)14-8-6-13(3)7-9-14/h6-12H,4-5H2,1-3H3,(H,24,26)/t19-/m1/s1. The molecular formula is C20H21F3N2O2. The molecule has 0 bridgehead atoms. The van der Waals surface area contributed by atoms with Gasteiger partial charge in [-0.2, -0.15) is 13.2 Å². The highest BCUT2D eigenvalue weighted by Gasteiger charge is 2.61. The summed E-state index contributed by atoms with van der Waals surface area (Å²) in [4.78, 5) is 14.1. The van der Waals surface area contributed by atoms with Crippen molar-refractivity contribution in [3.63, 3.8) is 0 Å². The minimum atomic E-state index is -4.76. The highest BCUT2D eigenvalue weighted by atomic mass is 19.4. The zero-order chi connectivity index (χ0) is 19.8. The molecule has 0 aliphatic carbocycles. The third kappa shape index (κ3) is 3.11. The second-order valence-electron chi connectivity index (χ2n) is 6.48. The minimum absolute atomic E-state index is 0.0610. The molecule has 0 saturated heterocycles. The number of fused-ring (bicyclic) bond motifs is 1. The van der Waals surface area contributed by atoms with Crippen LogP contribution in [0.4, 0.5) is 23.7 Å². The van der Waals surface area contributed by atoms with Crippen LogP contribution >= 0.6 is 0 Å². The van der Waals surface area contributed by atoms with Gasteiger partial charge in [0.05, 0.1) is 0 Å². The number of hydrogen-bond acceptors (Lipinski definition) is 3. The summed E-state index contributed by atoms with van der Waals surface area (Å²) in [5.41, 5.74) is -1.32. The fourth-order valence-electron chi connectivity index (χ4n) is 3.45. The van der Waals surface area contributed by atoms with E-state index in [-0.39, 0.29) is 16.9 Å². The van der Waals surface area contributed by atoms with Crippen LogP contribution in [0.15, 0.2) is 42.5 Å². The lowest BCUT2D eigenvalue weighted by Crippen LogP contribution is -2.60. The molecule has 2 aromatic rings. The molecule has 0 aromatic heterocycles. The van der Waals surface area contributed by atoms with E-state index < -0.39 is 17.8 Å². The van der Waals surface area contributed by atoms with Crippen molar-refractivity contribution >= 4 is 11.8 Å². The van der Waals surface area contributed by atoms with Gasteiger partial charge in [-0.05, 0) is 32.4 Å². The predicted octanol–water partition coefficient (Wildman–Crippen LogP) is 4.75. The van der Waals surface area contributed by atoms with Crippen molar-refractivity contribution in [3.8, 4) is 5.75 Å². The molecule has 1 aliphatic rings. The normalized spacial score (nSPS) is 19.1. The average Bonchev–Trinajstić information content (AvgIpc) is 2.61. The van der Waals surface area contributed by atoms with E-state index in [9.17, 15) is 18.0 Å². The van der Waals surface area contributed by atoms with Crippen molar-refractivity contribution < 1.29 is 22.7 Å². The zero-order valence-corrected chi connectivity index (χ0v) is 15.4. The molecule has 27 heavy (non-hydrogen) atoms. The summed E-state index contributed by atoms with van der Waals surface area (Å²) < 4.78 is 48.2. The van der Waals surface area contributed by atoms with Crippen molar-refractivity contribution in [1.29, 1.82) is 0 Å². The summed E-state index contributed by atoms with van der Waals surface area (Å²) in [6.07, 6.45) is -5.88. The average molecular weight is 378 g/mol. The van der Waals surface area contributed by atoms with Gasteiger partial charge in [0.15, 0.2) is 5.54 Å². The van der Waals surface area contributed by atoms with E-state index in [0.717, 1.165) is 5.56 Å². The van der Waals surface area contributed by atoms with Gasteiger partial charge in [0.1, 0.15) is 5.75 Å².